The van der Waals surface area contributed by atoms with Gasteiger partial charge in [0, 0.05) is 43.4 Å². The summed E-state index contributed by atoms with van der Waals surface area (Å²) in [6, 6.07) is 1.67. The van der Waals surface area contributed by atoms with Crippen LogP contribution < -0.4 is 5.32 Å². The fraction of sp³-hybridized carbons (Fsp3) is 0.429. The number of rotatable bonds is 3. The van der Waals surface area contributed by atoms with Gasteiger partial charge in [-0.15, -0.1) is 0 Å². The molecule has 1 aliphatic carbocycles. The number of amides is 2. The van der Waals surface area contributed by atoms with E-state index in [9.17, 15) is 19.7 Å². The molecule has 1 aromatic rings. The number of anilines is 1. The van der Waals surface area contributed by atoms with E-state index in [1.165, 1.54) is 13.8 Å². The van der Waals surface area contributed by atoms with Crippen LogP contribution >= 0.6 is 15.9 Å². The average Bonchev–Trinajstić information content (AvgIpc) is 2.80. The first kappa shape index (κ1) is 16.4. The largest absolute Gasteiger partial charge is 0.342 e. The fourth-order valence-corrected chi connectivity index (χ4v) is 3.29. The van der Waals surface area contributed by atoms with Gasteiger partial charge in [0.15, 0.2) is 0 Å². The second-order valence-corrected chi connectivity index (χ2v) is 6.20. The third-order valence-electron chi connectivity index (χ3n) is 3.87. The van der Waals surface area contributed by atoms with Gasteiger partial charge in [-0.1, -0.05) is 0 Å². The molecule has 1 unspecified atom stereocenters. The van der Waals surface area contributed by atoms with Gasteiger partial charge in [-0.2, -0.15) is 0 Å². The summed E-state index contributed by atoms with van der Waals surface area (Å²) in [5, 5.41) is 14.0. The fourth-order valence-electron chi connectivity index (χ4n) is 2.73. The highest BCUT2D eigenvalue weighted by atomic mass is 79.9. The Morgan fingerprint density at radius 1 is 1.41 bits per heavy atom. The van der Waals surface area contributed by atoms with Crippen molar-refractivity contribution in [2.45, 2.75) is 32.7 Å². The van der Waals surface area contributed by atoms with E-state index in [2.05, 4.69) is 21.2 Å². The van der Waals surface area contributed by atoms with Gasteiger partial charge in [0.1, 0.15) is 5.69 Å². The number of carbonyl (C=O) groups excluding carboxylic acids is 2. The Hall–Kier alpha value is -1.96. The molecule has 1 atom stereocenters. The van der Waals surface area contributed by atoms with Gasteiger partial charge in [0.25, 0.3) is 5.69 Å². The van der Waals surface area contributed by atoms with Crippen molar-refractivity contribution >= 4 is 39.1 Å². The van der Waals surface area contributed by atoms with E-state index in [4.69, 9.17) is 0 Å². The standard InChI is InChI=1S/C14H16BrN3O4/c1-7(19)16-13-12(15)5-9-4-10(17(3)8(2)20)6-11(9)14(13)18(21)22/h5,10H,4,6H2,1-3H3,(H,16,19). The first-order valence-corrected chi connectivity index (χ1v) is 7.51. The maximum absolute atomic E-state index is 11.5. The molecule has 0 saturated carbocycles. The highest BCUT2D eigenvalue weighted by molar-refractivity contribution is 9.10. The Bertz CT molecular complexity index is 675. The lowest BCUT2D eigenvalue weighted by Crippen LogP contribution is -2.35. The third kappa shape index (κ3) is 2.96. The van der Waals surface area contributed by atoms with E-state index in [1.54, 1.807) is 18.0 Å². The van der Waals surface area contributed by atoms with Crippen molar-refractivity contribution in [1.29, 1.82) is 0 Å². The van der Waals surface area contributed by atoms with Crippen LogP contribution in [0.5, 0.6) is 0 Å². The number of benzene rings is 1. The van der Waals surface area contributed by atoms with Crippen LogP contribution in [-0.4, -0.2) is 34.7 Å². The molecule has 7 nitrogen and oxygen atoms in total. The number of hydrogen-bond acceptors (Lipinski definition) is 4. The van der Waals surface area contributed by atoms with Crippen LogP contribution in [0.3, 0.4) is 0 Å². The molecule has 0 heterocycles. The number of likely N-dealkylation sites (N-methyl/N-ethyl adjacent to an activating group) is 1. The smallest absolute Gasteiger partial charge is 0.297 e. The Kier molecular flexibility index (Phi) is 4.50. The topological polar surface area (TPSA) is 92.5 Å². The molecule has 0 aliphatic heterocycles. The highest BCUT2D eigenvalue weighted by Gasteiger charge is 2.35. The second-order valence-electron chi connectivity index (χ2n) is 5.35. The minimum Gasteiger partial charge on any atom is -0.342 e. The zero-order chi connectivity index (χ0) is 16.6. The average molecular weight is 370 g/mol. The number of halogens is 1. The molecule has 0 aromatic heterocycles. The molecule has 22 heavy (non-hydrogen) atoms. The molecule has 8 heteroatoms. The maximum atomic E-state index is 11.5. The molecule has 2 rings (SSSR count). The normalized spacial score (nSPS) is 16.1. The predicted octanol–water partition coefficient (Wildman–Crippen LogP) is 2.26. The summed E-state index contributed by atoms with van der Waals surface area (Å²) in [4.78, 5) is 35.4. The van der Waals surface area contributed by atoms with Crippen LogP contribution in [0.2, 0.25) is 0 Å². The van der Waals surface area contributed by atoms with Crippen molar-refractivity contribution in [2.75, 3.05) is 12.4 Å². The lowest BCUT2D eigenvalue weighted by Gasteiger charge is -2.22. The number of fused-ring (bicyclic) bond motifs is 1. The first-order chi connectivity index (χ1) is 10.2. The molecule has 1 N–H and O–H groups in total. The molecular weight excluding hydrogens is 354 g/mol. The summed E-state index contributed by atoms with van der Waals surface area (Å²) in [5.41, 5.74) is 1.47. The van der Waals surface area contributed by atoms with Crippen molar-refractivity contribution in [3.05, 3.63) is 31.8 Å². The molecule has 1 aromatic carbocycles. The van der Waals surface area contributed by atoms with Gasteiger partial charge >= 0.3 is 0 Å². The lowest BCUT2D eigenvalue weighted by molar-refractivity contribution is -0.384. The molecule has 118 valence electrons. The van der Waals surface area contributed by atoms with Gasteiger partial charge in [-0.3, -0.25) is 19.7 Å². The monoisotopic (exact) mass is 369 g/mol. The summed E-state index contributed by atoms with van der Waals surface area (Å²) < 4.78 is 0.472. The van der Waals surface area contributed by atoms with E-state index in [-0.39, 0.29) is 29.2 Å². The molecule has 2 amide bonds. The molecule has 0 fully saturated rings. The van der Waals surface area contributed by atoms with E-state index in [1.807, 2.05) is 0 Å². The van der Waals surface area contributed by atoms with Crippen LogP contribution in [0.4, 0.5) is 11.4 Å². The van der Waals surface area contributed by atoms with Crippen molar-refractivity contribution in [1.82, 2.24) is 4.90 Å². The summed E-state index contributed by atoms with van der Waals surface area (Å²) in [7, 11) is 1.69. The minimum atomic E-state index is -0.481. The van der Waals surface area contributed by atoms with E-state index >= 15 is 0 Å². The number of nitrogens with one attached hydrogen (secondary N) is 1. The minimum absolute atomic E-state index is 0.0818. The van der Waals surface area contributed by atoms with Crippen LogP contribution in [0.25, 0.3) is 0 Å². The molecule has 1 aliphatic rings. The van der Waals surface area contributed by atoms with Crippen molar-refractivity contribution in [3.63, 3.8) is 0 Å². The highest BCUT2D eigenvalue weighted by Crippen LogP contribution is 2.42. The van der Waals surface area contributed by atoms with Gasteiger partial charge in [0.05, 0.1) is 4.92 Å². The van der Waals surface area contributed by atoms with Crippen LogP contribution in [-0.2, 0) is 22.4 Å². The zero-order valence-electron chi connectivity index (χ0n) is 12.5. The van der Waals surface area contributed by atoms with Crippen LogP contribution in [0.1, 0.15) is 25.0 Å². The number of nitro groups is 1. The maximum Gasteiger partial charge on any atom is 0.297 e. The SMILES string of the molecule is CC(=O)Nc1c(Br)cc2c(c1[N+](=O)[O-])CC(N(C)C(C)=O)C2. The third-order valence-corrected chi connectivity index (χ3v) is 4.50. The Morgan fingerprint density at radius 3 is 2.55 bits per heavy atom. The van der Waals surface area contributed by atoms with Gasteiger partial charge < -0.3 is 10.2 Å². The Balaban J connectivity index is 2.51. The second kappa shape index (κ2) is 6.04. The molecule has 0 saturated heterocycles. The zero-order valence-corrected chi connectivity index (χ0v) is 14.1. The van der Waals surface area contributed by atoms with Gasteiger partial charge in [0.2, 0.25) is 11.8 Å². The quantitative estimate of drug-likeness (QED) is 0.653. The van der Waals surface area contributed by atoms with Crippen LogP contribution in [0, 0.1) is 10.1 Å². The number of carbonyl (C=O) groups is 2. The summed E-state index contributed by atoms with van der Waals surface area (Å²) >= 11 is 3.28. The van der Waals surface area contributed by atoms with Gasteiger partial charge in [-0.05, 0) is 34.0 Å². The Morgan fingerprint density at radius 2 is 2.05 bits per heavy atom. The molecule has 0 bridgehead atoms. The molecule has 0 radical (unpaired) electrons. The summed E-state index contributed by atoms with van der Waals surface area (Å²) in [6.45, 7) is 2.77. The van der Waals surface area contributed by atoms with Gasteiger partial charge in [-0.25, -0.2) is 0 Å². The summed E-state index contributed by atoms with van der Waals surface area (Å²) in [5.74, 6) is -0.458. The van der Waals surface area contributed by atoms with E-state index in [0.717, 1.165) is 5.56 Å². The number of nitrogens with zero attached hydrogens (tertiary/aromatic N) is 2. The van der Waals surface area contributed by atoms with Crippen molar-refractivity contribution < 1.29 is 14.5 Å². The lowest BCUT2D eigenvalue weighted by atomic mass is 10.1. The molecular formula is C14H16BrN3O4. The Labute approximate surface area is 135 Å². The van der Waals surface area contributed by atoms with Crippen molar-refractivity contribution in [2.24, 2.45) is 0 Å². The summed E-state index contributed by atoms with van der Waals surface area (Å²) in [6.07, 6.45) is 0.965. The van der Waals surface area contributed by atoms with E-state index in [0.29, 0.717) is 22.9 Å². The first-order valence-electron chi connectivity index (χ1n) is 6.72. The predicted molar refractivity (Wildman–Crippen MR) is 84.7 cm³/mol. The van der Waals surface area contributed by atoms with E-state index < -0.39 is 4.92 Å². The number of hydrogen-bond donors (Lipinski definition) is 1. The number of nitro benzene ring substituents is 1. The molecule has 0 spiro atoms. The van der Waals surface area contributed by atoms with Crippen LogP contribution in [0.15, 0.2) is 10.5 Å². The van der Waals surface area contributed by atoms with Crippen molar-refractivity contribution in [3.8, 4) is 0 Å².